The summed E-state index contributed by atoms with van der Waals surface area (Å²) in [6.07, 6.45) is 4.86. The van der Waals surface area contributed by atoms with Gasteiger partial charge in [0.05, 0.1) is 12.2 Å². The Morgan fingerprint density at radius 1 is 0.963 bits per heavy atom. The summed E-state index contributed by atoms with van der Waals surface area (Å²) in [4.78, 5) is 3.80. The zero-order valence-corrected chi connectivity index (χ0v) is 20.8. The van der Waals surface area contributed by atoms with E-state index in [9.17, 15) is 4.57 Å². The van der Waals surface area contributed by atoms with Crippen LogP contribution in [0.15, 0.2) is 12.7 Å². The van der Waals surface area contributed by atoms with Crippen LogP contribution >= 0.6 is 7.37 Å². The molecule has 27 heavy (non-hydrogen) atoms. The van der Waals surface area contributed by atoms with Crippen molar-refractivity contribution < 1.29 is 13.8 Å². The minimum Gasteiger partial charge on any atom is -0.379 e. The van der Waals surface area contributed by atoms with Crippen molar-refractivity contribution in [2.75, 3.05) is 19.9 Å². The third kappa shape index (κ3) is 36.9. The second kappa shape index (κ2) is 18.6. The van der Waals surface area contributed by atoms with Gasteiger partial charge in [-0.3, -0.25) is 9.25 Å². The van der Waals surface area contributed by atoms with Gasteiger partial charge in [0.15, 0.2) is 7.37 Å². The molecule has 0 aliphatic rings. The molecule has 1 aromatic heterocycles. The van der Waals surface area contributed by atoms with Crippen molar-refractivity contribution >= 4 is 7.37 Å². The van der Waals surface area contributed by atoms with Gasteiger partial charge in [-0.2, -0.15) is 5.10 Å². The van der Waals surface area contributed by atoms with Crippen molar-refractivity contribution in [3.63, 3.8) is 0 Å². The lowest BCUT2D eigenvalue weighted by atomic mass is 10.3. The number of aromatic nitrogens is 3. The zero-order chi connectivity index (χ0) is 22.0. The Labute approximate surface area is 168 Å². The van der Waals surface area contributed by atoms with Crippen LogP contribution in [0.25, 0.3) is 0 Å². The second-order valence-electron chi connectivity index (χ2n) is 8.03. The molecule has 0 atom stereocenters. The molecular formula is C20H46N3O3P. The van der Waals surface area contributed by atoms with Gasteiger partial charge in [-0.25, -0.2) is 4.98 Å². The average Bonchev–Trinajstić information content (AvgIpc) is 2.97. The van der Waals surface area contributed by atoms with Crippen LogP contribution in [0.1, 0.15) is 81.7 Å². The molecule has 7 heteroatoms. The maximum absolute atomic E-state index is 10.8. The average molecular weight is 408 g/mol. The molecule has 0 bridgehead atoms. The fraction of sp³-hybridized carbons (Fsp3) is 0.900. The molecule has 1 aromatic rings. The number of hydrogen-bond donors (Lipinski definition) is 0. The lowest BCUT2D eigenvalue weighted by Gasteiger charge is -2.10. The standard InChI is InChI=1S/C6H14O.C5H9N3.C5H13O2P.C4H10/c1-4-5-7-6(2)3;1-5(2)8-4-6-3-7-8;1-5(2)7-8(3,4)6;1-4(2)3/h6H,4-5H2,1-3H3;3-5H,1-2H3;5H,1-4H3;4H,1-3H3. The third-order valence-electron chi connectivity index (χ3n) is 2.09. The van der Waals surface area contributed by atoms with Crippen LogP contribution in [0.5, 0.6) is 0 Å². The van der Waals surface area contributed by atoms with Crippen LogP contribution in [-0.2, 0) is 13.8 Å². The predicted octanol–water partition coefficient (Wildman–Crippen LogP) is 6.29. The zero-order valence-electron chi connectivity index (χ0n) is 19.9. The normalized spacial score (nSPS) is 10.8. The molecule has 0 radical (unpaired) electrons. The first-order valence-corrected chi connectivity index (χ1v) is 12.4. The van der Waals surface area contributed by atoms with E-state index in [-0.39, 0.29) is 6.10 Å². The van der Waals surface area contributed by atoms with Crippen LogP contribution in [0, 0.1) is 5.92 Å². The quantitative estimate of drug-likeness (QED) is 0.518. The van der Waals surface area contributed by atoms with Crippen molar-refractivity contribution in [2.24, 2.45) is 5.92 Å². The van der Waals surface area contributed by atoms with Gasteiger partial charge in [-0.15, -0.1) is 0 Å². The number of rotatable bonds is 6. The Morgan fingerprint density at radius 2 is 1.44 bits per heavy atom. The molecule has 0 aliphatic heterocycles. The highest BCUT2D eigenvalue weighted by molar-refractivity contribution is 7.57. The van der Waals surface area contributed by atoms with Gasteiger partial charge in [0, 0.05) is 26.0 Å². The van der Waals surface area contributed by atoms with Crippen LogP contribution in [0.4, 0.5) is 0 Å². The molecule has 1 rings (SSSR count). The molecule has 0 fully saturated rings. The predicted molar refractivity (Wildman–Crippen MR) is 118 cm³/mol. The molecule has 0 saturated carbocycles. The first kappa shape index (κ1) is 31.0. The Balaban J connectivity index is -0.000000293. The minimum atomic E-state index is -2.22. The summed E-state index contributed by atoms with van der Waals surface area (Å²) in [7, 11) is -2.22. The highest BCUT2D eigenvalue weighted by Gasteiger charge is 2.07. The maximum Gasteiger partial charge on any atom is 0.197 e. The monoisotopic (exact) mass is 407 g/mol. The lowest BCUT2D eigenvalue weighted by molar-refractivity contribution is 0.0794. The van der Waals surface area contributed by atoms with E-state index in [4.69, 9.17) is 9.26 Å². The topological polar surface area (TPSA) is 66.2 Å². The summed E-state index contributed by atoms with van der Waals surface area (Å²) >= 11 is 0. The van der Waals surface area contributed by atoms with E-state index in [0.29, 0.717) is 12.1 Å². The molecule has 0 aliphatic carbocycles. The van der Waals surface area contributed by atoms with E-state index in [0.717, 1.165) is 18.9 Å². The van der Waals surface area contributed by atoms with E-state index in [1.165, 1.54) is 0 Å². The molecule has 164 valence electrons. The van der Waals surface area contributed by atoms with Gasteiger partial charge in [0.1, 0.15) is 12.7 Å². The summed E-state index contributed by atoms with van der Waals surface area (Å²) in [5, 5.41) is 3.92. The number of nitrogens with zero attached hydrogens (tertiary/aromatic N) is 3. The fourth-order valence-corrected chi connectivity index (χ4v) is 2.36. The summed E-state index contributed by atoms with van der Waals surface area (Å²) < 4.78 is 22.8. The van der Waals surface area contributed by atoms with Crippen LogP contribution in [0.3, 0.4) is 0 Å². The summed E-state index contributed by atoms with van der Waals surface area (Å²) in [5.41, 5.74) is 0. The van der Waals surface area contributed by atoms with Gasteiger partial charge in [0.2, 0.25) is 0 Å². The van der Waals surface area contributed by atoms with Crippen molar-refractivity contribution in [2.45, 2.75) is 93.9 Å². The molecule has 0 amide bonds. The van der Waals surface area contributed by atoms with Crippen LogP contribution < -0.4 is 0 Å². The van der Waals surface area contributed by atoms with E-state index in [1.54, 1.807) is 30.7 Å². The molecule has 0 N–H and O–H groups in total. The Morgan fingerprint density at radius 3 is 1.56 bits per heavy atom. The SMILES string of the molecule is CC(C)C.CC(C)OP(C)(C)=O.CC(C)n1cncn1.CCCOC(C)C. The van der Waals surface area contributed by atoms with Crippen molar-refractivity contribution in [3.05, 3.63) is 12.7 Å². The van der Waals surface area contributed by atoms with E-state index < -0.39 is 7.37 Å². The Bertz CT molecular complexity index is 439. The Kier molecular flexibility index (Phi) is 21.4. The highest BCUT2D eigenvalue weighted by atomic mass is 31.2. The summed E-state index contributed by atoms with van der Waals surface area (Å²) in [6, 6.07) is 0.428. The summed E-state index contributed by atoms with van der Waals surface area (Å²) in [6.45, 7) is 24.7. The molecule has 0 spiro atoms. The van der Waals surface area contributed by atoms with Crippen molar-refractivity contribution in [3.8, 4) is 0 Å². The van der Waals surface area contributed by atoms with E-state index in [1.807, 2.05) is 13.8 Å². The van der Waals surface area contributed by atoms with E-state index in [2.05, 4.69) is 65.5 Å². The van der Waals surface area contributed by atoms with Crippen molar-refractivity contribution in [1.29, 1.82) is 0 Å². The molecule has 0 unspecified atom stereocenters. The van der Waals surface area contributed by atoms with Crippen LogP contribution in [-0.4, -0.2) is 46.9 Å². The molecule has 0 aromatic carbocycles. The fourth-order valence-electron chi connectivity index (χ4n) is 1.35. The Hall–Kier alpha value is -0.710. The first-order valence-electron chi connectivity index (χ1n) is 9.91. The smallest absolute Gasteiger partial charge is 0.197 e. The summed E-state index contributed by atoms with van der Waals surface area (Å²) in [5.74, 6) is 0.833. The minimum absolute atomic E-state index is 0.0795. The lowest BCUT2D eigenvalue weighted by Crippen LogP contribution is -2.01. The molecule has 6 nitrogen and oxygen atoms in total. The molecule has 1 heterocycles. The largest absolute Gasteiger partial charge is 0.379 e. The highest BCUT2D eigenvalue weighted by Crippen LogP contribution is 2.38. The maximum atomic E-state index is 10.8. The molecule has 0 saturated heterocycles. The van der Waals surface area contributed by atoms with Gasteiger partial charge >= 0.3 is 0 Å². The molecular weight excluding hydrogens is 361 g/mol. The van der Waals surface area contributed by atoms with Crippen molar-refractivity contribution in [1.82, 2.24) is 14.8 Å². The first-order chi connectivity index (χ1) is 12.2. The van der Waals surface area contributed by atoms with Gasteiger partial charge in [0.25, 0.3) is 0 Å². The van der Waals surface area contributed by atoms with Crippen LogP contribution in [0.2, 0.25) is 0 Å². The second-order valence-corrected chi connectivity index (χ2v) is 10.7. The van der Waals surface area contributed by atoms with Gasteiger partial charge in [-0.05, 0) is 53.9 Å². The van der Waals surface area contributed by atoms with E-state index >= 15 is 0 Å². The third-order valence-corrected chi connectivity index (χ3v) is 3.02. The van der Waals surface area contributed by atoms with Gasteiger partial charge in [-0.1, -0.05) is 27.7 Å². The number of hydrogen-bond acceptors (Lipinski definition) is 5. The number of ether oxygens (including phenoxy) is 1. The van der Waals surface area contributed by atoms with Gasteiger partial charge < -0.3 is 9.26 Å².